The Bertz CT molecular complexity index is 536. The van der Waals surface area contributed by atoms with Crippen molar-refractivity contribution in [2.75, 3.05) is 0 Å². The Labute approximate surface area is 94.5 Å². The summed E-state index contributed by atoms with van der Waals surface area (Å²) in [5.74, 6) is 0.225. The summed E-state index contributed by atoms with van der Waals surface area (Å²) < 4.78 is 0. The van der Waals surface area contributed by atoms with Crippen molar-refractivity contribution in [1.29, 1.82) is 0 Å². The zero-order valence-corrected chi connectivity index (χ0v) is 9.40. The van der Waals surface area contributed by atoms with E-state index in [1.165, 1.54) is 0 Å². The first-order valence-electron chi connectivity index (χ1n) is 5.24. The number of aldehydes is 1. The standard InChI is InChI=1S/C14H14O2/c1-14(2,9-15)11-7-3-5-10-6-4-8-12(16)13(10)11/h3-9,16H,1-2H3. The third kappa shape index (κ3) is 1.56. The molecule has 0 saturated heterocycles. The number of carbonyl (C=O) groups is 1. The lowest BCUT2D eigenvalue weighted by molar-refractivity contribution is -0.111. The van der Waals surface area contributed by atoms with Gasteiger partial charge in [-0.3, -0.25) is 0 Å². The molecule has 0 unspecified atom stereocenters. The van der Waals surface area contributed by atoms with Crippen LogP contribution in [0.15, 0.2) is 36.4 Å². The molecule has 2 aromatic rings. The molecule has 0 spiro atoms. The van der Waals surface area contributed by atoms with E-state index < -0.39 is 5.41 Å². The number of benzene rings is 2. The topological polar surface area (TPSA) is 37.3 Å². The highest BCUT2D eigenvalue weighted by atomic mass is 16.3. The SMILES string of the molecule is CC(C)(C=O)c1cccc2cccc(O)c12. The van der Waals surface area contributed by atoms with Crippen molar-refractivity contribution in [3.8, 4) is 5.75 Å². The predicted molar refractivity (Wildman–Crippen MR) is 64.7 cm³/mol. The van der Waals surface area contributed by atoms with Crippen molar-refractivity contribution in [2.24, 2.45) is 0 Å². The van der Waals surface area contributed by atoms with Crippen LogP contribution in [0.2, 0.25) is 0 Å². The van der Waals surface area contributed by atoms with Crippen molar-refractivity contribution in [3.63, 3.8) is 0 Å². The van der Waals surface area contributed by atoms with Crippen molar-refractivity contribution in [2.45, 2.75) is 19.3 Å². The summed E-state index contributed by atoms with van der Waals surface area (Å²) >= 11 is 0. The van der Waals surface area contributed by atoms with Gasteiger partial charge in [-0.25, -0.2) is 0 Å². The number of hydrogen-bond acceptors (Lipinski definition) is 2. The van der Waals surface area contributed by atoms with Crippen LogP contribution in [0.25, 0.3) is 10.8 Å². The lowest BCUT2D eigenvalue weighted by Crippen LogP contribution is -2.18. The number of hydrogen-bond donors (Lipinski definition) is 1. The van der Waals surface area contributed by atoms with E-state index in [9.17, 15) is 9.90 Å². The summed E-state index contributed by atoms with van der Waals surface area (Å²) in [7, 11) is 0. The predicted octanol–water partition coefficient (Wildman–Crippen LogP) is 3.02. The molecule has 2 aromatic carbocycles. The molecule has 0 bridgehead atoms. The van der Waals surface area contributed by atoms with Gasteiger partial charge >= 0.3 is 0 Å². The molecule has 16 heavy (non-hydrogen) atoms. The Morgan fingerprint density at radius 1 is 1.12 bits per heavy atom. The first-order valence-corrected chi connectivity index (χ1v) is 5.24. The molecular weight excluding hydrogens is 200 g/mol. The molecule has 1 N–H and O–H groups in total. The van der Waals surface area contributed by atoms with Gasteiger partial charge in [0.2, 0.25) is 0 Å². The summed E-state index contributed by atoms with van der Waals surface area (Å²) in [4.78, 5) is 11.1. The van der Waals surface area contributed by atoms with Crippen LogP contribution in [-0.2, 0) is 10.2 Å². The van der Waals surface area contributed by atoms with E-state index in [2.05, 4.69) is 0 Å². The zero-order chi connectivity index (χ0) is 11.8. The maximum absolute atomic E-state index is 11.1. The van der Waals surface area contributed by atoms with Crippen LogP contribution < -0.4 is 0 Å². The van der Waals surface area contributed by atoms with Crippen LogP contribution in [0.1, 0.15) is 19.4 Å². The molecule has 2 heteroatoms. The molecule has 0 radical (unpaired) electrons. The second-order valence-corrected chi connectivity index (χ2v) is 4.52. The van der Waals surface area contributed by atoms with Crippen LogP contribution in [-0.4, -0.2) is 11.4 Å². The number of phenols is 1. The summed E-state index contributed by atoms with van der Waals surface area (Å²) in [6.07, 6.45) is 0.911. The molecule has 2 nitrogen and oxygen atoms in total. The molecule has 0 heterocycles. The maximum atomic E-state index is 11.1. The minimum absolute atomic E-state index is 0.225. The van der Waals surface area contributed by atoms with Gasteiger partial charge in [-0.15, -0.1) is 0 Å². The lowest BCUT2D eigenvalue weighted by Gasteiger charge is -2.20. The van der Waals surface area contributed by atoms with Crippen LogP contribution in [0.4, 0.5) is 0 Å². The lowest BCUT2D eigenvalue weighted by atomic mass is 9.83. The van der Waals surface area contributed by atoms with Crippen molar-refractivity contribution < 1.29 is 9.90 Å². The van der Waals surface area contributed by atoms with E-state index in [0.29, 0.717) is 0 Å². The summed E-state index contributed by atoms with van der Waals surface area (Å²) in [5.41, 5.74) is 0.274. The minimum atomic E-state index is -0.585. The molecule has 0 saturated carbocycles. The van der Waals surface area contributed by atoms with Crippen molar-refractivity contribution >= 4 is 17.1 Å². The zero-order valence-electron chi connectivity index (χ0n) is 9.40. The molecule has 0 atom stereocenters. The van der Waals surface area contributed by atoms with Crippen LogP contribution in [0.5, 0.6) is 5.75 Å². The van der Waals surface area contributed by atoms with Crippen LogP contribution in [0.3, 0.4) is 0 Å². The number of aromatic hydroxyl groups is 1. The van der Waals surface area contributed by atoms with E-state index in [-0.39, 0.29) is 5.75 Å². The Morgan fingerprint density at radius 3 is 2.38 bits per heavy atom. The van der Waals surface area contributed by atoms with Crippen molar-refractivity contribution in [3.05, 3.63) is 42.0 Å². The third-order valence-electron chi connectivity index (χ3n) is 2.87. The Hall–Kier alpha value is -1.83. The molecule has 0 aliphatic heterocycles. The molecule has 0 aliphatic rings. The highest BCUT2D eigenvalue weighted by molar-refractivity contribution is 5.94. The Morgan fingerprint density at radius 2 is 1.75 bits per heavy atom. The maximum Gasteiger partial charge on any atom is 0.129 e. The van der Waals surface area contributed by atoms with E-state index >= 15 is 0 Å². The van der Waals surface area contributed by atoms with Gasteiger partial charge in [-0.1, -0.05) is 30.3 Å². The van der Waals surface area contributed by atoms with E-state index in [1.54, 1.807) is 12.1 Å². The van der Waals surface area contributed by atoms with Gasteiger partial charge in [0.15, 0.2) is 0 Å². The molecule has 0 fully saturated rings. The smallest absolute Gasteiger partial charge is 0.129 e. The van der Waals surface area contributed by atoms with Gasteiger partial charge in [-0.05, 0) is 30.9 Å². The van der Waals surface area contributed by atoms with Gasteiger partial charge in [0.05, 0.1) is 0 Å². The highest BCUT2D eigenvalue weighted by Crippen LogP contribution is 2.34. The van der Waals surface area contributed by atoms with E-state index in [0.717, 1.165) is 22.6 Å². The highest BCUT2D eigenvalue weighted by Gasteiger charge is 2.22. The second kappa shape index (κ2) is 3.63. The second-order valence-electron chi connectivity index (χ2n) is 4.52. The summed E-state index contributed by atoms with van der Waals surface area (Å²) in [5, 5.41) is 11.6. The first-order chi connectivity index (χ1) is 7.56. The van der Waals surface area contributed by atoms with Gasteiger partial charge in [0.25, 0.3) is 0 Å². The van der Waals surface area contributed by atoms with Crippen LogP contribution >= 0.6 is 0 Å². The molecule has 2 rings (SSSR count). The molecular formula is C14H14O2. The van der Waals surface area contributed by atoms with E-state index in [1.807, 2.05) is 38.1 Å². The Balaban J connectivity index is 2.85. The molecule has 82 valence electrons. The number of fused-ring (bicyclic) bond motifs is 1. The monoisotopic (exact) mass is 214 g/mol. The number of rotatable bonds is 2. The minimum Gasteiger partial charge on any atom is -0.507 e. The van der Waals surface area contributed by atoms with Crippen molar-refractivity contribution in [1.82, 2.24) is 0 Å². The summed E-state index contributed by atoms with van der Waals surface area (Å²) in [6.45, 7) is 3.70. The molecule has 0 aliphatic carbocycles. The fourth-order valence-corrected chi connectivity index (χ4v) is 1.92. The van der Waals surface area contributed by atoms with Gasteiger partial charge in [0.1, 0.15) is 12.0 Å². The van der Waals surface area contributed by atoms with Gasteiger partial charge < -0.3 is 9.90 Å². The first kappa shape index (κ1) is 10.7. The fraction of sp³-hybridized carbons (Fsp3) is 0.214. The average Bonchev–Trinajstić information content (AvgIpc) is 2.29. The average molecular weight is 214 g/mol. The van der Waals surface area contributed by atoms with Gasteiger partial charge in [-0.2, -0.15) is 0 Å². The third-order valence-corrected chi connectivity index (χ3v) is 2.87. The molecule has 0 amide bonds. The number of phenolic OH excluding ortho intramolecular Hbond substituents is 1. The molecule has 0 aromatic heterocycles. The fourth-order valence-electron chi connectivity index (χ4n) is 1.92. The largest absolute Gasteiger partial charge is 0.507 e. The summed E-state index contributed by atoms with van der Waals surface area (Å²) in [6, 6.07) is 11.1. The van der Waals surface area contributed by atoms with Gasteiger partial charge in [0, 0.05) is 10.8 Å². The van der Waals surface area contributed by atoms with Crippen LogP contribution in [0, 0.1) is 0 Å². The Kier molecular flexibility index (Phi) is 2.43. The quantitative estimate of drug-likeness (QED) is 0.780. The number of carbonyl (C=O) groups excluding carboxylic acids is 1. The normalized spacial score (nSPS) is 11.6. The van der Waals surface area contributed by atoms with E-state index in [4.69, 9.17) is 0 Å².